The van der Waals surface area contributed by atoms with Gasteiger partial charge in [0.05, 0.1) is 0 Å². The van der Waals surface area contributed by atoms with Crippen molar-refractivity contribution in [2.75, 3.05) is 0 Å². The second-order valence-electron chi connectivity index (χ2n) is 7.18. The summed E-state index contributed by atoms with van der Waals surface area (Å²) in [5.41, 5.74) is 4.62. The van der Waals surface area contributed by atoms with E-state index in [2.05, 4.69) is 10.5 Å². The summed E-state index contributed by atoms with van der Waals surface area (Å²) < 4.78 is 5.73. The summed E-state index contributed by atoms with van der Waals surface area (Å²) in [6.07, 6.45) is 4.63. The molecule has 0 unspecified atom stereocenters. The molecule has 0 spiro atoms. The van der Waals surface area contributed by atoms with E-state index >= 15 is 0 Å². The van der Waals surface area contributed by atoms with Crippen molar-refractivity contribution in [3.8, 4) is 5.75 Å². The number of halogens is 1. The number of nitrogens with one attached hydrogen (secondary N) is 1. The van der Waals surface area contributed by atoms with Gasteiger partial charge in [0.15, 0.2) is 6.10 Å². The lowest BCUT2D eigenvalue weighted by Gasteiger charge is -2.21. The molecular formula is C19H25ClN2O2. The normalized spacial score (nSPS) is 27.2. The molecule has 2 bridgehead atoms. The van der Waals surface area contributed by atoms with Crippen LogP contribution in [0.4, 0.5) is 0 Å². The number of aryl methyl sites for hydroxylation is 1. The Morgan fingerprint density at radius 1 is 1.38 bits per heavy atom. The third-order valence-electron chi connectivity index (χ3n) is 5.43. The van der Waals surface area contributed by atoms with Gasteiger partial charge >= 0.3 is 0 Å². The molecule has 4 atom stereocenters. The highest BCUT2D eigenvalue weighted by Gasteiger charge is 2.40. The van der Waals surface area contributed by atoms with E-state index in [-0.39, 0.29) is 5.91 Å². The third kappa shape index (κ3) is 3.75. The lowest BCUT2D eigenvalue weighted by atomic mass is 9.86. The van der Waals surface area contributed by atoms with Crippen LogP contribution in [0.1, 0.15) is 45.1 Å². The molecule has 24 heavy (non-hydrogen) atoms. The summed E-state index contributed by atoms with van der Waals surface area (Å²) in [6.45, 7) is 5.66. The van der Waals surface area contributed by atoms with Gasteiger partial charge in [0.2, 0.25) is 0 Å². The van der Waals surface area contributed by atoms with E-state index < -0.39 is 6.10 Å². The van der Waals surface area contributed by atoms with Gasteiger partial charge in [-0.25, -0.2) is 5.43 Å². The van der Waals surface area contributed by atoms with Gasteiger partial charge in [-0.3, -0.25) is 4.79 Å². The quantitative estimate of drug-likeness (QED) is 0.635. The first-order valence-corrected chi connectivity index (χ1v) is 9.08. The molecule has 0 radical (unpaired) electrons. The summed E-state index contributed by atoms with van der Waals surface area (Å²) in [4.78, 5) is 12.2. The van der Waals surface area contributed by atoms with Crippen molar-refractivity contribution in [2.45, 2.75) is 52.6 Å². The minimum absolute atomic E-state index is 0.230. The number of rotatable bonds is 5. The first-order valence-electron chi connectivity index (χ1n) is 8.71. The van der Waals surface area contributed by atoms with E-state index in [1.807, 2.05) is 19.9 Å². The molecule has 1 N–H and O–H groups in total. The number of amides is 1. The number of carbonyl (C=O) groups excluding carboxylic acids is 1. The summed E-state index contributed by atoms with van der Waals surface area (Å²) in [5.74, 6) is 2.61. The van der Waals surface area contributed by atoms with E-state index in [4.69, 9.17) is 16.3 Å². The summed E-state index contributed by atoms with van der Waals surface area (Å²) in [7, 11) is 0. The van der Waals surface area contributed by atoms with Crippen LogP contribution in [0.25, 0.3) is 0 Å². The summed E-state index contributed by atoms with van der Waals surface area (Å²) in [6, 6.07) is 5.36. The molecule has 0 heterocycles. The van der Waals surface area contributed by atoms with E-state index in [1.54, 1.807) is 19.1 Å². The second kappa shape index (κ2) is 7.14. The minimum atomic E-state index is -0.610. The number of hydrogen-bond donors (Lipinski definition) is 1. The SMILES string of the molecule is C/C(=N/NC(=O)[C@H](C)Oc1ccc(Cl)cc1C)[C@H]1C[C@H]2CC[C@H]1C2. The predicted octanol–water partition coefficient (Wildman–Crippen LogP) is 4.34. The molecule has 2 aliphatic rings. The number of fused-ring (bicyclic) bond motifs is 2. The Balaban J connectivity index is 1.55. The Labute approximate surface area is 148 Å². The topological polar surface area (TPSA) is 50.7 Å². The van der Waals surface area contributed by atoms with Crippen molar-refractivity contribution in [3.05, 3.63) is 28.8 Å². The molecule has 1 amide bonds. The predicted molar refractivity (Wildman–Crippen MR) is 96.5 cm³/mol. The fourth-order valence-electron chi connectivity index (χ4n) is 4.06. The average molecular weight is 349 g/mol. The molecule has 1 aromatic rings. The van der Waals surface area contributed by atoms with Crippen LogP contribution in [0.3, 0.4) is 0 Å². The summed E-state index contributed by atoms with van der Waals surface area (Å²) >= 11 is 5.94. The third-order valence-corrected chi connectivity index (χ3v) is 5.66. The zero-order chi connectivity index (χ0) is 17.3. The number of hydrogen-bond acceptors (Lipinski definition) is 3. The van der Waals surface area contributed by atoms with Crippen LogP contribution >= 0.6 is 11.6 Å². The molecule has 5 heteroatoms. The molecule has 2 fully saturated rings. The largest absolute Gasteiger partial charge is 0.481 e. The molecule has 0 aliphatic heterocycles. The Morgan fingerprint density at radius 2 is 2.17 bits per heavy atom. The molecular weight excluding hydrogens is 324 g/mol. The van der Waals surface area contributed by atoms with Crippen LogP contribution in [0.2, 0.25) is 5.02 Å². The van der Waals surface area contributed by atoms with Crippen molar-refractivity contribution >= 4 is 23.2 Å². The first kappa shape index (κ1) is 17.3. The molecule has 2 aliphatic carbocycles. The lowest BCUT2D eigenvalue weighted by Crippen LogP contribution is -2.34. The van der Waals surface area contributed by atoms with Crippen LogP contribution in [0.5, 0.6) is 5.75 Å². The Bertz CT molecular complexity index is 659. The zero-order valence-electron chi connectivity index (χ0n) is 14.5. The fraction of sp³-hybridized carbons (Fsp3) is 0.579. The van der Waals surface area contributed by atoms with Gasteiger partial charge in [-0.1, -0.05) is 18.0 Å². The van der Waals surface area contributed by atoms with Crippen LogP contribution in [0, 0.1) is 24.7 Å². The number of nitrogens with zero attached hydrogens (tertiary/aromatic N) is 1. The van der Waals surface area contributed by atoms with Crippen LogP contribution in [-0.2, 0) is 4.79 Å². The second-order valence-corrected chi connectivity index (χ2v) is 7.62. The Morgan fingerprint density at radius 3 is 2.79 bits per heavy atom. The molecule has 130 valence electrons. The standard InChI is InChI=1S/C19H25ClN2O2/c1-11-8-16(20)6-7-18(11)24-13(3)19(23)22-21-12(2)17-10-14-4-5-15(17)9-14/h6-8,13-15,17H,4-5,9-10H2,1-3H3,(H,22,23)/b21-12-/t13-,14-,15-,17+/m0/s1. The maximum atomic E-state index is 12.2. The smallest absolute Gasteiger partial charge is 0.280 e. The number of benzene rings is 1. The van der Waals surface area contributed by atoms with Gasteiger partial charge in [-0.2, -0.15) is 5.10 Å². The average Bonchev–Trinajstić information content (AvgIpc) is 3.17. The highest BCUT2D eigenvalue weighted by molar-refractivity contribution is 6.30. The van der Waals surface area contributed by atoms with Gasteiger partial charge in [0, 0.05) is 16.7 Å². The number of hydrazone groups is 1. The van der Waals surface area contributed by atoms with Gasteiger partial charge < -0.3 is 4.74 Å². The first-order chi connectivity index (χ1) is 11.4. The zero-order valence-corrected chi connectivity index (χ0v) is 15.3. The Hall–Kier alpha value is -1.55. The highest BCUT2D eigenvalue weighted by atomic mass is 35.5. The van der Waals surface area contributed by atoms with Crippen molar-refractivity contribution in [1.29, 1.82) is 0 Å². The maximum absolute atomic E-state index is 12.2. The van der Waals surface area contributed by atoms with Gasteiger partial charge in [-0.05, 0) is 75.6 Å². The lowest BCUT2D eigenvalue weighted by molar-refractivity contribution is -0.127. The Kier molecular flexibility index (Phi) is 5.14. The molecule has 3 rings (SSSR count). The van der Waals surface area contributed by atoms with Crippen molar-refractivity contribution in [2.24, 2.45) is 22.9 Å². The van der Waals surface area contributed by atoms with Crippen LogP contribution in [-0.4, -0.2) is 17.7 Å². The van der Waals surface area contributed by atoms with Crippen LogP contribution < -0.4 is 10.2 Å². The minimum Gasteiger partial charge on any atom is -0.481 e. The maximum Gasteiger partial charge on any atom is 0.280 e. The number of ether oxygens (including phenoxy) is 1. The van der Waals surface area contributed by atoms with E-state index in [0.717, 1.165) is 23.1 Å². The molecule has 1 aromatic carbocycles. The van der Waals surface area contributed by atoms with E-state index in [0.29, 0.717) is 16.7 Å². The van der Waals surface area contributed by atoms with Crippen LogP contribution in [0.15, 0.2) is 23.3 Å². The van der Waals surface area contributed by atoms with Gasteiger partial charge in [-0.15, -0.1) is 0 Å². The van der Waals surface area contributed by atoms with E-state index in [9.17, 15) is 4.79 Å². The molecule has 2 saturated carbocycles. The van der Waals surface area contributed by atoms with Gasteiger partial charge in [0.25, 0.3) is 5.91 Å². The monoisotopic (exact) mass is 348 g/mol. The van der Waals surface area contributed by atoms with Crippen molar-refractivity contribution in [1.82, 2.24) is 5.43 Å². The molecule has 0 saturated heterocycles. The molecule has 4 nitrogen and oxygen atoms in total. The summed E-state index contributed by atoms with van der Waals surface area (Å²) in [5, 5.41) is 5.00. The number of carbonyl (C=O) groups is 1. The fourth-order valence-corrected chi connectivity index (χ4v) is 4.29. The van der Waals surface area contributed by atoms with Gasteiger partial charge in [0.1, 0.15) is 5.75 Å². The van der Waals surface area contributed by atoms with E-state index in [1.165, 1.54) is 25.7 Å². The van der Waals surface area contributed by atoms with Crippen molar-refractivity contribution in [3.63, 3.8) is 0 Å². The highest BCUT2D eigenvalue weighted by Crippen LogP contribution is 2.48. The molecule has 0 aromatic heterocycles. The van der Waals surface area contributed by atoms with Crippen molar-refractivity contribution < 1.29 is 9.53 Å².